The standard InChI is InChI=1S/C25H26N6OS/c1-18-8-9-22(19(2)14-18)31-24-21(15-28-31)25(27-17-26-24)33-16-23(32)30-12-10-29(11-13-30)20-6-4-3-5-7-20/h3-9,14-15,17H,10-13,16H2,1-2H3. The lowest BCUT2D eigenvalue weighted by Crippen LogP contribution is -2.49. The molecule has 5 rings (SSSR count). The summed E-state index contributed by atoms with van der Waals surface area (Å²) < 4.78 is 1.85. The van der Waals surface area contributed by atoms with E-state index in [1.807, 2.05) is 27.8 Å². The fourth-order valence-corrected chi connectivity index (χ4v) is 5.10. The van der Waals surface area contributed by atoms with Gasteiger partial charge >= 0.3 is 0 Å². The molecular formula is C25H26N6OS. The van der Waals surface area contributed by atoms with Crippen LogP contribution in [0.4, 0.5) is 5.69 Å². The molecule has 33 heavy (non-hydrogen) atoms. The topological polar surface area (TPSA) is 67.2 Å². The van der Waals surface area contributed by atoms with E-state index in [9.17, 15) is 4.79 Å². The van der Waals surface area contributed by atoms with Crippen LogP contribution < -0.4 is 4.90 Å². The van der Waals surface area contributed by atoms with Crippen LogP contribution in [0.1, 0.15) is 11.1 Å². The second-order valence-corrected chi connectivity index (χ2v) is 9.22. The Balaban J connectivity index is 1.26. The van der Waals surface area contributed by atoms with Gasteiger partial charge in [-0.1, -0.05) is 47.7 Å². The van der Waals surface area contributed by atoms with Crippen molar-refractivity contribution in [3.8, 4) is 5.69 Å². The van der Waals surface area contributed by atoms with Crippen molar-refractivity contribution < 1.29 is 4.79 Å². The van der Waals surface area contributed by atoms with Gasteiger partial charge in [-0.3, -0.25) is 4.79 Å². The third kappa shape index (κ3) is 4.43. The summed E-state index contributed by atoms with van der Waals surface area (Å²) in [6.45, 7) is 7.31. The highest BCUT2D eigenvalue weighted by Gasteiger charge is 2.22. The third-order valence-corrected chi connectivity index (χ3v) is 6.99. The number of hydrogen-bond donors (Lipinski definition) is 0. The molecule has 0 N–H and O–H groups in total. The van der Waals surface area contributed by atoms with Crippen LogP contribution in [0.5, 0.6) is 0 Å². The summed E-state index contributed by atoms with van der Waals surface area (Å²) in [6.07, 6.45) is 3.34. The van der Waals surface area contributed by atoms with Crippen molar-refractivity contribution in [2.75, 3.05) is 36.8 Å². The Kier molecular flexibility index (Phi) is 6.00. The number of piperazine rings is 1. The first-order chi connectivity index (χ1) is 16.1. The van der Waals surface area contributed by atoms with E-state index in [1.54, 1.807) is 12.5 Å². The second-order valence-electron chi connectivity index (χ2n) is 8.25. The maximum Gasteiger partial charge on any atom is 0.233 e. The van der Waals surface area contributed by atoms with Crippen LogP contribution >= 0.6 is 11.8 Å². The van der Waals surface area contributed by atoms with E-state index in [2.05, 4.69) is 64.1 Å². The molecule has 0 bridgehead atoms. The highest BCUT2D eigenvalue weighted by atomic mass is 32.2. The van der Waals surface area contributed by atoms with Gasteiger partial charge < -0.3 is 9.80 Å². The summed E-state index contributed by atoms with van der Waals surface area (Å²) in [4.78, 5) is 26.1. The lowest BCUT2D eigenvalue weighted by molar-refractivity contribution is -0.128. The molecule has 3 heterocycles. The number of fused-ring (bicyclic) bond motifs is 1. The third-order valence-electron chi connectivity index (χ3n) is 6.00. The number of aryl methyl sites for hydroxylation is 2. The first-order valence-corrected chi connectivity index (χ1v) is 12.1. The van der Waals surface area contributed by atoms with Crippen molar-refractivity contribution in [1.29, 1.82) is 0 Å². The minimum absolute atomic E-state index is 0.140. The van der Waals surface area contributed by atoms with Crippen LogP contribution in [0.15, 0.2) is 66.1 Å². The van der Waals surface area contributed by atoms with Gasteiger partial charge in [0.25, 0.3) is 0 Å². The van der Waals surface area contributed by atoms with Crippen molar-refractivity contribution in [2.24, 2.45) is 0 Å². The van der Waals surface area contributed by atoms with Crippen LogP contribution in [0.25, 0.3) is 16.7 Å². The minimum Gasteiger partial charge on any atom is -0.368 e. The average molecular weight is 459 g/mol. The number of aromatic nitrogens is 4. The Labute approximate surface area is 197 Å². The molecule has 0 spiro atoms. The van der Waals surface area contributed by atoms with Crippen molar-refractivity contribution >= 4 is 34.4 Å². The first kappa shape index (κ1) is 21.5. The molecule has 0 saturated carbocycles. The van der Waals surface area contributed by atoms with Gasteiger partial charge in [-0.25, -0.2) is 14.6 Å². The highest BCUT2D eigenvalue weighted by Crippen LogP contribution is 2.27. The first-order valence-electron chi connectivity index (χ1n) is 11.1. The number of rotatable bonds is 5. The van der Waals surface area contributed by atoms with Crippen molar-refractivity contribution in [3.05, 3.63) is 72.2 Å². The minimum atomic E-state index is 0.140. The second kappa shape index (κ2) is 9.23. The maximum atomic E-state index is 12.9. The SMILES string of the molecule is Cc1ccc(-n2ncc3c(SCC(=O)N4CCN(c5ccccc5)CC4)ncnc32)c(C)c1. The van der Waals surface area contributed by atoms with Crippen LogP contribution in [0.2, 0.25) is 0 Å². The number of nitrogens with zero attached hydrogens (tertiary/aromatic N) is 6. The van der Waals surface area contributed by atoms with Crippen LogP contribution in [-0.4, -0.2) is 62.5 Å². The molecule has 4 aromatic rings. The predicted molar refractivity (Wildman–Crippen MR) is 132 cm³/mol. The van der Waals surface area contributed by atoms with E-state index < -0.39 is 0 Å². The molecule has 0 atom stereocenters. The van der Waals surface area contributed by atoms with Gasteiger partial charge in [-0.2, -0.15) is 5.10 Å². The quantitative estimate of drug-likeness (QED) is 0.334. The fourth-order valence-electron chi connectivity index (χ4n) is 4.23. The Hall–Kier alpha value is -3.39. The summed E-state index contributed by atoms with van der Waals surface area (Å²) in [7, 11) is 0. The van der Waals surface area contributed by atoms with E-state index in [4.69, 9.17) is 0 Å². The molecule has 168 valence electrons. The maximum absolute atomic E-state index is 12.9. The lowest BCUT2D eigenvalue weighted by Gasteiger charge is -2.36. The summed E-state index contributed by atoms with van der Waals surface area (Å²) in [5.41, 5.74) is 5.31. The molecular weight excluding hydrogens is 432 g/mol. The summed E-state index contributed by atoms with van der Waals surface area (Å²) in [5.74, 6) is 0.493. The molecule has 1 aliphatic heterocycles. The number of carbonyl (C=O) groups excluding carboxylic acids is 1. The Bertz CT molecular complexity index is 1280. The molecule has 1 fully saturated rings. The Morgan fingerprint density at radius 2 is 1.79 bits per heavy atom. The van der Waals surface area contributed by atoms with Gasteiger partial charge in [0.2, 0.25) is 5.91 Å². The highest BCUT2D eigenvalue weighted by molar-refractivity contribution is 8.00. The van der Waals surface area contributed by atoms with Gasteiger partial charge in [0.1, 0.15) is 11.4 Å². The number of carbonyl (C=O) groups is 1. The number of amides is 1. The van der Waals surface area contributed by atoms with Gasteiger partial charge in [0.05, 0.1) is 23.0 Å². The van der Waals surface area contributed by atoms with Crippen molar-refractivity contribution in [2.45, 2.75) is 18.9 Å². The number of hydrogen-bond acceptors (Lipinski definition) is 6. The molecule has 7 nitrogen and oxygen atoms in total. The molecule has 1 aliphatic rings. The van der Waals surface area contributed by atoms with E-state index in [0.29, 0.717) is 5.75 Å². The van der Waals surface area contributed by atoms with Crippen LogP contribution in [0.3, 0.4) is 0 Å². The molecule has 2 aromatic carbocycles. The summed E-state index contributed by atoms with van der Waals surface area (Å²) >= 11 is 1.45. The van der Waals surface area contributed by atoms with Crippen LogP contribution in [-0.2, 0) is 4.79 Å². The van der Waals surface area contributed by atoms with E-state index in [1.165, 1.54) is 23.0 Å². The van der Waals surface area contributed by atoms with Gasteiger partial charge in [-0.15, -0.1) is 0 Å². The average Bonchev–Trinajstić information content (AvgIpc) is 3.28. The van der Waals surface area contributed by atoms with Crippen molar-refractivity contribution in [1.82, 2.24) is 24.6 Å². The normalized spacial score (nSPS) is 14.1. The summed E-state index contributed by atoms with van der Waals surface area (Å²) in [6, 6.07) is 16.6. The number of benzene rings is 2. The Morgan fingerprint density at radius 1 is 1.00 bits per heavy atom. The fraction of sp³-hybridized carbons (Fsp3) is 0.280. The number of thioether (sulfide) groups is 1. The lowest BCUT2D eigenvalue weighted by atomic mass is 10.1. The van der Waals surface area contributed by atoms with Gasteiger partial charge in [0.15, 0.2) is 5.65 Å². The predicted octanol–water partition coefficient (Wildman–Crippen LogP) is 3.87. The molecule has 1 saturated heterocycles. The molecule has 0 unspecified atom stereocenters. The zero-order chi connectivity index (χ0) is 22.8. The van der Waals surface area contributed by atoms with Gasteiger partial charge in [-0.05, 0) is 37.6 Å². The van der Waals surface area contributed by atoms with E-state index in [-0.39, 0.29) is 5.91 Å². The summed E-state index contributed by atoms with van der Waals surface area (Å²) in [5, 5.41) is 6.22. The molecule has 1 amide bonds. The van der Waals surface area contributed by atoms with E-state index in [0.717, 1.165) is 53.5 Å². The number of para-hydroxylation sites is 1. The van der Waals surface area contributed by atoms with Crippen molar-refractivity contribution in [3.63, 3.8) is 0 Å². The largest absolute Gasteiger partial charge is 0.368 e. The molecule has 0 radical (unpaired) electrons. The molecule has 0 aliphatic carbocycles. The molecule has 8 heteroatoms. The monoisotopic (exact) mass is 458 g/mol. The smallest absolute Gasteiger partial charge is 0.233 e. The van der Waals surface area contributed by atoms with Crippen LogP contribution in [0, 0.1) is 13.8 Å². The zero-order valence-corrected chi connectivity index (χ0v) is 19.6. The number of anilines is 1. The van der Waals surface area contributed by atoms with E-state index >= 15 is 0 Å². The zero-order valence-electron chi connectivity index (χ0n) is 18.8. The molecule has 2 aromatic heterocycles. The Morgan fingerprint density at radius 3 is 2.55 bits per heavy atom. The van der Waals surface area contributed by atoms with Gasteiger partial charge in [0, 0.05) is 31.9 Å².